The highest BCUT2D eigenvalue weighted by Gasteiger charge is 2.25. The third kappa shape index (κ3) is 4.96. The Balaban J connectivity index is 0.00000336. The Morgan fingerprint density at radius 1 is 1.18 bits per heavy atom. The first-order valence-corrected chi connectivity index (χ1v) is 13.6. The maximum absolute atomic E-state index is 13.1. The number of nitrogens with one attached hydrogen (secondary N) is 1. The number of aromatic nitrogens is 4. The fourth-order valence-electron chi connectivity index (χ4n) is 4.46. The molecule has 0 saturated carbocycles. The van der Waals surface area contributed by atoms with Crippen molar-refractivity contribution in [2.75, 3.05) is 45.4 Å². The van der Waals surface area contributed by atoms with E-state index in [1.165, 1.54) is 4.31 Å². The number of hydrogen-bond acceptors (Lipinski definition) is 8. The molecule has 4 heterocycles. The van der Waals surface area contributed by atoms with Crippen LogP contribution in [0.1, 0.15) is 21.3 Å². The molecular weight excluding hydrogens is 504 g/mol. The maximum atomic E-state index is 13.1. The van der Waals surface area contributed by atoms with E-state index in [2.05, 4.69) is 21.8 Å². The summed E-state index contributed by atoms with van der Waals surface area (Å²) in [5.41, 5.74) is 2.69. The van der Waals surface area contributed by atoms with Crippen LogP contribution < -0.4 is 9.64 Å². The summed E-state index contributed by atoms with van der Waals surface area (Å²) in [4.78, 5) is 19.8. The second-order valence-electron chi connectivity index (χ2n) is 8.93. The molecule has 4 aromatic rings. The number of anilines is 1. The van der Waals surface area contributed by atoms with Crippen molar-refractivity contribution in [2.45, 2.75) is 32.2 Å². The lowest BCUT2D eigenvalue weighted by molar-refractivity contribution is 0.0985. The van der Waals surface area contributed by atoms with E-state index in [0.717, 1.165) is 22.4 Å². The summed E-state index contributed by atoms with van der Waals surface area (Å²) in [5, 5.41) is 0.897. The van der Waals surface area contributed by atoms with Gasteiger partial charge in [0.25, 0.3) is 0 Å². The van der Waals surface area contributed by atoms with Crippen LogP contribution in [-0.4, -0.2) is 79.2 Å². The lowest BCUT2D eigenvalue weighted by Gasteiger charge is -2.34. The molecule has 11 heteroatoms. The molecule has 1 fully saturated rings. The molecule has 1 N–H and O–H groups in total. The van der Waals surface area contributed by atoms with Gasteiger partial charge in [-0.3, -0.25) is 0 Å². The summed E-state index contributed by atoms with van der Waals surface area (Å²) in [5.74, 6) is 1.77. The van der Waals surface area contributed by atoms with Crippen LogP contribution >= 0.6 is 0 Å². The van der Waals surface area contributed by atoms with Gasteiger partial charge in [0, 0.05) is 55.1 Å². The normalized spacial score (nSPS) is 16.0. The number of sulfonamides is 1. The third-order valence-electron chi connectivity index (χ3n) is 6.68. The SMILES string of the molecule is C.CCN(C)S(=O)(=O)c1ccc(OC)c(-c2cc(N3CCOC[C@H]3C)nc(-c3ccnc4[nH]ccc34)n2)c1. The van der Waals surface area contributed by atoms with Gasteiger partial charge in [0.1, 0.15) is 17.2 Å². The Morgan fingerprint density at radius 2 is 2.00 bits per heavy atom. The van der Waals surface area contributed by atoms with Gasteiger partial charge in [0.05, 0.1) is 37.0 Å². The molecule has 1 saturated heterocycles. The summed E-state index contributed by atoms with van der Waals surface area (Å²) < 4.78 is 38.9. The highest BCUT2D eigenvalue weighted by atomic mass is 32.2. The lowest BCUT2D eigenvalue weighted by Crippen LogP contribution is -2.44. The zero-order valence-corrected chi connectivity index (χ0v) is 22.1. The van der Waals surface area contributed by atoms with Crippen molar-refractivity contribution in [1.82, 2.24) is 24.2 Å². The largest absolute Gasteiger partial charge is 0.496 e. The minimum atomic E-state index is -3.67. The topological polar surface area (TPSA) is 114 Å². The number of H-pyrrole nitrogens is 1. The molecule has 1 aliphatic rings. The standard InChI is InChI=1S/C26H30N6O4S.CH4/c1-5-31(3)37(33,34)18-6-7-23(35-4)21(14-18)22-15-24(32-12-13-36-16-17(32)2)30-26(29-22)20-9-11-28-25-19(20)8-10-27-25;/h6-11,14-15,17H,5,12-13,16H2,1-4H3,(H,27,28);1H4/t17-;/m1./s1. The van der Waals surface area contributed by atoms with E-state index in [9.17, 15) is 8.42 Å². The molecule has 1 aliphatic heterocycles. The Hall–Kier alpha value is -3.54. The molecule has 202 valence electrons. The van der Waals surface area contributed by atoms with Crippen LogP contribution in [0.25, 0.3) is 33.7 Å². The maximum Gasteiger partial charge on any atom is 0.242 e. The van der Waals surface area contributed by atoms with Crippen LogP contribution in [0.5, 0.6) is 5.75 Å². The number of ether oxygens (including phenoxy) is 2. The molecule has 1 aromatic carbocycles. The van der Waals surface area contributed by atoms with Gasteiger partial charge in [-0.05, 0) is 37.3 Å². The van der Waals surface area contributed by atoms with Gasteiger partial charge in [-0.25, -0.2) is 27.7 Å². The molecule has 0 amide bonds. The van der Waals surface area contributed by atoms with Gasteiger partial charge >= 0.3 is 0 Å². The zero-order valence-electron chi connectivity index (χ0n) is 21.3. The van der Waals surface area contributed by atoms with Crippen molar-refractivity contribution in [3.63, 3.8) is 0 Å². The van der Waals surface area contributed by atoms with Crippen LogP contribution in [0.3, 0.4) is 0 Å². The Morgan fingerprint density at radius 3 is 2.74 bits per heavy atom. The first-order valence-electron chi connectivity index (χ1n) is 12.1. The highest BCUT2D eigenvalue weighted by Crippen LogP contribution is 2.36. The van der Waals surface area contributed by atoms with E-state index in [-0.39, 0.29) is 18.4 Å². The van der Waals surface area contributed by atoms with Crippen molar-refractivity contribution in [3.05, 3.63) is 48.8 Å². The number of aromatic amines is 1. The van der Waals surface area contributed by atoms with E-state index in [0.29, 0.717) is 49.1 Å². The average molecular weight is 539 g/mol. The average Bonchev–Trinajstić information content (AvgIpc) is 3.41. The number of methoxy groups -OCH3 is 1. The number of hydrogen-bond donors (Lipinski definition) is 1. The van der Waals surface area contributed by atoms with E-state index in [4.69, 9.17) is 19.4 Å². The van der Waals surface area contributed by atoms with Crippen LogP contribution in [0.15, 0.2) is 53.7 Å². The minimum absolute atomic E-state index is 0. The van der Waals surface area contributed by atoms with Gasteiger partial charge in [-0.15, -0.1) is 0 Å². The molecule has 10 nitrogen and oxygen atoms in total. The molecular formula is C27H34N6O4S. The van der Waals surface area contributed by atoms with Gasteiger partial charge in [0.15, 0.2) is 5.82 Å². The van der Waals surface area contributed by atoms with Crippen LogP contribution in [0.4, 0.5) is 5.82 Å². The summed E-state index contributed by atoms with van der Waals surface area (Å²) in [6, 6.07) is 10.7. The molecule has 1 atom stereocenters. The van der Waals surface area contributed by atoms with E-state index in [1.54, 1.807) is 45.5 Å². The van der Waals surface area contributed by atoms with E-state index < -0.39 is 10.0 Å². The second-order valence-corrected chi connectivity index (χ2v) is 11.0. The summed E-state index contributed by atoms with van der Waals surface area (Å²) in [6.07, 6.45) is 3.55. The first kappa shape index (κ1) is 27.5. The summed E-state index contributed by atoms with van der Waals surface area (Å²) in [6.45, 7) is 6.11. The monoisotopic (exact) mass is 538 g/mol. The predicted molar refractivity (Wildman–Crippen MR) is 149 cm³/mol. The molecule has 5 rings (SSSR count). The Labute approximate surface area is 223 Å². The highest BCUT2D eigenvalue weighted by molar-refractivity contribution is 7.89. The van der Waals surface area contributed by atoms with Crippen LogP contribution in [0.2, 0.25) is 0 Å². The summed E-state index contributed by atoms with van der Waals surface area (Å²) in [7, 11) is -0.551. The number of morpholine rings is 1. The van der Waals surface area contributed by atoms with Crippen LogP contribution in [0, 0.1) is 0 Å². The number of rotatable bonds is 7. The smallest absolute Gasteiger partial charge is 0.242 e. The lowest BCUT2D eigenvalue weighted by atomic mass is 10.1. The number of pyridine rings is 1. The Kier molecular flexibility index (Phi) is 8.00. The first-order chi connectivity index (χ1) is 17.8. The van der Waals surface area contributed by atoms with Crippen molar-refractivity contribution in [1.29, 1.82) is 0 Å². The van der Waals surface area contributed by atoms with Gasteiger partial charge in [-0.1, -0.05) is 14.4 Å². The fourth-order valence-corrected chi connectivity index (χ4v) is 5.67. The van der Waals surface area contributed by atoms with E-state index >= 15 is 0 Å². The molecule has 0 bridgehead atoms. The van der Waals surface area contributed by atoms with Crippen molar-refractivity contribution in [3.8, 4) is 28.4 Å². The second kappa shape index (κ2) is 11.1. The van der Waals surface area contributed by atoms with Crippen LogP contribution in [-0.2, 0) is 14.8 Å². The molecule has 38 heavy (non-hydrogen) atoms. The number of nitrogens with zero attached hydrogens (tertiary/aromatic N) is 5. The van der Waals surface area contributed by atoms with Crippen molar-refractivity contribution < 1.29 is 17.9 Å². The van der Waals surface area contributed by atoms with Gasteiger partial charge < -0.3 is 19.4 Å². The number of fused-ring (bicyclic) bond motifs is 1. The fraction of sp³-hybridized carbons (Fsp3) is 0.370. The quantitative estimate of drug-likeness (QED) is 0.373. The molecule has 0 aliphatic carbocycles. The molecule has 3 aromatic heterocycles. The van der Waals surface area contributed by atoms with Crippen molar-refractivity contribution >= 4 is 26.9 Å². The van der Waals surface area contributed by atoms with Crippen molar-refractivity contribution in [2.24, 2.45) is 0 Å². The molecule has 0 unspecified atom stereocenters. The van der Waals surface area contributed by atoms with E-state index in [1.807, 2.05) is 24.4 Å². The third-order valence-corrected chi connectivity index (χ3v) is 8.60. The zero-order chi connectivity index (χ0) is 26.2. The molecule has 0 spiro atoms. The Bertz CT molecular complexity index is 1540. The predicted octanol–water partition coefficient (Wildman–Crippen LogP) is 4.20. The minimum Gasteiger partial charge on any atom is -0.496 e. The van der Waals surface area contributed by atoms with Gasteiger partial charge in [-0.2, -0.15) is 0 Å². The van der Waals surface area contributed by atoms with Gasteiger partial charge in [0.2, 0.25) is 10.0 Å². The molecule has 0 radical (unpaired) electrons. The summed E-state index contributed by atoms with van der Waals surface area (Å²) >= 11 is 0. The number of benzene rings is 1.